The smallest absolute Gasteiger partial charge is 0.293 e. The van der Waals surface area contributed by atoms with Gasteiger partial charge >= 0.3 is 0 Å². The molecule has 20 heavy (non-hydrogen) atoms. The second-order valence-corrected chi connectivity index (χ2v) is 5.54. The van der Waals surface area contributed by atoms with E-state index in [0.717, 1.165) is 13.0 Å². The van der Waals surface area contributed by atoms with Crippen molar-refractivity contribution in [3.63, 3.8) is 0 Å². The lowest BCUT2D eigenvalue weighted by atomic mass is 10.1. The molecule has 0 aliphatic heterocycles. The van der Waals surface area contributed by atoms with E-state index >= 15 is 0 Å². The molecule has 2 unspecified atom stereocenters. The molecular formula is C14H19N3O3. The van der Waals surface area contributed by atoms with E-state index in [0.29, 0.717) is 23.1 Å². The molecule has 0 spiro atoms. The van der Waals surface area contributed by atoms with E-state index in [1.54, 1.807) is 26.2 Å². The summed E-state index contributed by atoms with van der Waals surface area (Å²) in [6.07, 6.45) is 1.16. The fourth-order valence-corrected chi connectivity index (χ4v) is 2.15. The van der Waals surface area contributed by atoms with Gasteiger partial charge < -0.3 is 10.2 Å². The average Bonchev–Trinajstić information content (AvgIpc) is 3.11. The molecule has 1 saturated carbocycles. The minimum atomic E-state index is -0.453. The van der Waals surface area contributed by atoms with E-state index in [9.17, 15) is 14.9 Å². The van der Waals surface area contributed by atoms with Crippen LogP contribution in [-0.4, -0.2) is 36.4 Å². The summed E-state index contributed by atoms with van der Waals surface area (Å²) in [5.41, 5.74) is 0.752. The van der Waals surface area contributed by atoms with Gasteiger partial charge in [0, 0.05) is 32.3 Å². The van der Waals surface area contributed by atoms with E-state index in [1.165, 1.54) is 11.0 Å². The van der Waals surface area contributed by atoms with Crippen LogP contribution in [0, 0.1) is 22.0 Å². The van der Waals surface area contributed by atoms with Crippen LogP contribution >= 0.6 is 0 Å². The van der Waals surface area contributed by atoms with E-state index in [1.807, 2.05) is 0 Å². The Kier molecular flexibility index (Phi) is 3.92. The predicted molar refractivity (Wildman–Crippen MR) is 76.9 cm³/mol. The molecule has 2 rings (SSSR count). The minimum absolute atomic E-state index is 0.0500. The fraction of sp³-hybridized carbons (Fsp3) is 0.500. The third-order valence-electron chi connectivity index (χ3n) is 3.68. The van der Waals surface area contributed by atoms with Gasteiger partial charge in [-0.05, 0) is 30.4 Å². The molecule has 108 valence electrons. The zero-order chi connectivity index (χ0) is 14.9. The van der Waals surface area contributed by atoms with Crippen LogP contribution < -0.4 is 5.32 Å². The zero-order valence-corrected chi connectivity index (χ0v) is 11.9. The Bertz CT molecular complexity index is 542. The summed E-state index contributed by atoms with van der Waals surface area (Å²) in [5, 5.41) is 14.2. The Morgan fingerprint density at radius 1 is 1.50 bits per heavy atom. The lowest BCUT2D eigenvalue weighted by molar-refractivity contribution is -0.384. The van der Waals surface area contributed by atoms with Crippen LogP contribution in [0.1, 0.15) is 23.7 Å². The highest BCUT2D eigenvalue weighted by molar-refractivity contribution is 5.95. The van der Waals surface area contributed by atoms with Crippen LogP contribution in [0.25, 0.3) is 0 Å². The highest BCUT2D eigenvalue weighted by Crippen LogP contribution is 2.38. The van der Waals surface area contributed by atoms with Crippen molar-refractivity contribution < 1.29 is 9.72 Å². The number of nitrogens with zero attached hydrogens (tertiary/aromatic N) is 2. The van der Waals surface area contributed by atoms with Crippen molar-refractivity contribution in [3.05, 3.63) is 33.9 Å². The quantitative estimate of drug-likeness (QED) is 0.662. The van der Waals surface area contributed by atoms with Gasteiger partial charge in [0.25, 0.3) is 11.6 Å². The highest BCUT2D eigenvalue weighted by Gasteiger charge is 2.32. The Morgan fingerprint density at radius 3 is 2.65 bits per heavy atom. The first-order chi connectivity index (χ1) is 9.40. The van der Waals surface area contributed by atoms with Crippen LogP contribution in [0.15, 0.2) is 18.2 Å². The van der Waals surface area contributed by atoms with Gasteiger partial charge in [-0.1, -0.05) is 6.92 Å². The number of benzene rings is 1. The SMILES string of the molecule is CC1CC1CNc1ccc(C(=O)N(C)C)cc1[N+](=O)[O-]. The number of anilines is 1. The second-order valence-electron chi connectivity index (χ2n) is 5.54. The molecule has 0 heterocycles. The number of nitro groups is 1. The highest BCUT2D eigenvalue weighted by atomic mass is 16.6. The molecule has 0 aromatic heterocycles. The molecule has 1 aromatic rings. The van der Waals surface area contributed by atoms with Crippen molar-refractivity contribution in [2.75, 3.05) is 26.0 Å². The van der Waals surface area contributed by atoms with E-state index < -0.39 is 4.92 Å². The Labute approximate surface area is 117 Å². The molecule has 0 radical (unpaired) electrons. The van der Waals surface area contributed by atoms with Gasteiger partial charge in [0.1, 0.15) is 5.69 Å². The molecule has 1 aliphatic carbocycles. The first-order valence-electron chi connectivity index (χ1n) is 6.64. The molecule has 1 aromatic carbocycles. The second kappa shape index (κ2) is 5.48. The number of hydrogen-bond donors (Lipinski definition) is 1. The van der Waals surface area contributed by atoms with Crippen LogP contribution in [-0.2, 0) is 0 Å². The van der Waals surface area contributed by atoms with Crippen molar-refractivity contribution >= 4 is 17.3 Å². The Hall–Kier alpha value is -2.11. The van der Waals surface area contributed by atoms with E-state index in [-0.39, 0.29) is 11.6 Å². The fourth-order valence-electron chi connectivity index (χ4n) is 2.15. The third-order valence-corrected chi connectivity index (χ3v) is 3.68. The largest absolute Gasteiger partial charge is 0.379 e. The molecule has 0 bridgehead atoms. The molecule has 1 fully saturated rings. The number of carbonyl (C=O) groups excluding carboxylic acids is 1. The van der Waals surface area contributed by atoms with Gasteiger partial charge in [-0.2, -0.15) is 0 Å². The lowest BCUT2D eigenvalue weighted by Crippen LogP contribution is -2.21. The monoisotopic (exact) mass is 277 g/mol. The first-order valence-corrected chi connectivity index (χ1v) is 6.64. The molecule has 1 aliphatic rings. The average molecular weight is 277 g/mol. The van der Waals surface area contributed by atoms with Crippen LogP contribution in [0.3, 0.4) is 0 Å². The number of carbonyl (C=O) groups is 1. The molecule has 2 atom stereocenters. The number of rotatable bonds is 5. The summed E-state index contributed by atoms with van der Waals surface area (Å²) < 4.78 is 0. The zero-order valence-electron chi connectivity index (χ0n) is 11.9. The maximum Gasteiger partial charge on any atom is 0.293 e. The van der Waals surface area contributed by atoms with Crippen LogP contribution in [0.4, 0.5) is 11.4 Å². The van der Waals surface area contributed by atoms with Crippen molar-refractivity contribution in [3.8, 4) is 0 Å². The van der Waals surface area contributed by atoms with Crippen molar-refractivity contribution in [1.82, 2.24) is 4.90 Å². The predicted octanol–water partition coefficient (Wildman–Crippen LogP) is 2.36. The summed E-state index contributed by atoms with van der Waals surface area (Å²) >= 11 is 0. The van der Waals surface area contributed by atoms with E-state index in [2.05, 4.69) is 12.2 Å². The molecular weight excluding hydrogens is 258 g/mol. The first kappa shape index (κ1) is 14.3. The van der Waals surface area contributed by atoms with Gasteiger partial charge in [-0.25, -0.2) is 0 Å². The summed E-state index contributed by atoms with van der Waals surface area (Å²) in [6.45, 7) is 2.91. The third kappa shape index (κ3) is 3.07. The van der Waals surface area contributed by atoms with Gasteiger partial charge in [0.2, 0.25) is 0 Å². The summed E-state index contributed by atoms with van der Waals surface area (Å²) in [7, 11) is 3.24. The summed E-state index contributed by atoms with van der Waals surface area (Å²) in [6, 6.07) is 4.57. The van der Waals surface area contributed by atoms with Gasteiger partial charge in [0.15, 0.2) is 0 Å². The number of nitrogens with one attached hydrogen (secondary N) is 1. The number of nitro benzene ring substituents is 1. The summed E-state index contributed by atoms with van der Waals surface area (Å²) in [4.78, 5) is 23.9. The lowest BCUT2D eigenvalue weighted by Gasteiger charge is -2.12. The maximum atomic E-state index is 11.8. The Morgan fingerprint density at radius 2 is 2.15 bits per heavy atom. The molecule has 0 saturated heterocycles. The molecule has 6 heteroatoms. The molecule has 6 nitrogen and oxygen atoms in total. The van der Waals surface area contributed by atoms with Crippen LogP contribution in [0.2, 0.25) is 0 Å². The topological polar surface area (TPSA) is 75.5 Å². The van der Waals surface area contributed by atoms with Gasteiger partial charge in [-0.15, -0.1) is 0 Å². The normalized spacial score (nSPS) is 20.4. The van der Waals surface area contributed by atoms with Crippen molar-refractivity contribution in [2.24, 2.45) is 11.8 Å². The van der Waals surface area contributed by atoms with Crippen LogP contribution in [0.5, 0.6) is 0 Å². The molecule has 1 N–H and O–H groups in total. The molecule has 1 amide bonds. The Balaban J connectivity index is 2.19. The van der Waals surface area contributed by atoms with Gasteiger partial charge in [0.05, 0.1) is 4.92 Å². The van der Waals surface area contributed by atoms with Crippen molar-refractivity contribution in [2.45, 2.75) is 13.3 Å². The maximum absolute atomic E-state index is 11.8. The number of hydrogen-bond acceptors (Lipinski definition) is 4. The van der Waals surface area contributed by atoms with Crippen molar-refractivity contribution in [1.29, 1.82) is 0 Å². The summed E-state index contributed by atoms with van der Waals surface area (Å²) in [5.74, 6) is 1.05. The number of amides is 1. The van der Waals surface area contributed by atoms with Gasteiger partial charge in [-0.3, -0.25) is 14.9 Å². The minimum Gasteiger partial charge on any atom is -0.379 e. The van der Waals surface area contributed by atoms with E-state index in [4.69, 9.17) is 0 Å². The standard InChI is InChI=1S/C14H19N3O3/c1-9-6-11(9)8-15-12-5-4-10(14(18)16(2)3)7-13(12)17(19)20/h4-5,7,9,11,15H,6,8H2,1-3H3.